The van der Waals surface area contributed by atoms with E-state index in [0.29, 0.717) is 17.2 Å². The van der Waals surface area contributed by atoms with Gasteiger partial charge in [-0.1, -0.05) is 12.2 Å². The van der Waals surface area contributed by atoms with Crippen molar-refractivity contribution in [1.29, 1.82) is 0 Å². The van der Waals surface area contributed by atoms with Gasteiger partial charge in [-0.05, 0) is 43.4 Å². The summed E-state index contributed by atoms with van der Waals surface area (Å²) < 4.78 is 19.7. The quantitative estimate of drug-likeness (QED) is 0.832. The molecular formula is C14H17FN2OS. The molecule has 0 bridgehead atoms. The molecule has 2 unspecified atom stereocenters. The number of ether oxygens (including phenoxy) is 1. The molecule has 1 aliphatic heterocycles. The van der Waals surface area contributed by atoms with Gasteiger partial charge in [-0.3, -0.25) is 0 Å². The lowest BCUT2D eigenvalue weighted by Crippen LogP contribution is -2.31. The fourth-order valence-corrected chi connectivity index (χ4v) is 2.77. The van der Waals surface area contributed by atoms with E-state index in [1.165, 1.54) is 18.9 Å². The number of benzene rings is 1. The van der Waals surface area contributed by atoms with Crippen molar-refractivity contribution in [2.24, 2.45) is 11.7 Å². The van der Waals surface area contributed by atoms with Crippen LogP contribution in [0.25, 0.3) is 0 Å². The van der Waals surface area contributed by atoms with E-state index in [-0.39, 0.29) is 23.0 Å². The summed E-state index contributed by atoms with van der Waals surface area (Å²) in [6, 6.07) is 5.03. The highest BCUT2D eigenvalue weighted by Crippen LogP contribution is 2.39. The van der Waals surface area contributed by atoms with Gasteiger partial charge in [0.25, 0.3) is 0 Å². The number of nitrogens with one attached hydrogen (secondary N) is 1. The van der Waals surface area contributed by atoms with Gasteiger partial charge >= 0.3 is 0 Å². The molecule has 1 aliphatic carbocycles. The lowest BCUT2D eigenvalue weighted by atomic mass is 10.1. The molecule has 19 heavy (non-hydrogen) atoms. The predicted octanol–water partition coefficient (Wildman–Crippen LogP) is 2.44. The molecule has 3 N–H and O–H groups in total. The third-order valence-electron chi connectivity index (χ3n) is 3.82. The molecule has 2 fully saturated rings. The molecule has 2 aliphatic rings. The Morgan fingerprint density at radius 3 is 2.79 bits per heavy atom. The van der Waals surface area contributed by atoms with E-state index in [4.69, 9.17) is 22.7 Å². The number of hydrogen-bond donors (Lipinski definition) is 2. The Hall–Kier alpha value is -1.20. The monoisotopic (exact) mass is 280 g/mol. The second-order valence-electron chi connectivity index (χ2n) is 5.27. The summed E-state index contributed by atoms with van der Waals surface area (Å²) in [6.45, 7) is 0.755. The molecule has 0 radical (unpaired) electrons. The van der Waals surface area contributed by atoms with Gasteiger partial charge in [-0.25, -0.2) is 4.39 Å². The summed E-state index contributed by atoms with van der Waals surface area (Å²) in [5.74, 6) is 0.339. The van der Waals surface area contributed by atoms with E-state index in [1.54, 1.807) is 12.1 Å². The Morgan fingerprint density at radius 1 is 1.37 bits per heavy atom. The van der Waals surface area contributed by atoms with Crippen LogP contribution in [0.15, 0.2) is 18.2 Å². The zero-order chi connectivity index (χ0) is 13.4. The van der Waals surface area contributed by atoms with Crippen LogP contribution in [0.4, 0.5) is 10.1 Å². The summed E-state index contributed by atoms with van der Waals surface area (Å²) in [5.41, 5.74) is 6.55. The topological polar surface area (TPSA) is 47.3 Å². The van der Waals surface area contributed by atoms with Crippen molar-refractivity contribution in [3.63, 3.8) is 0 Å². The second-order valence-corrected chi connectivity index (χ2v) is 5.71. The number of hydrogen-bond acceptors (Lipinski definition) is 3. The molecular weight excluding hydrogens is 263 g/mol. The first kappa shape index (κ1) is 12.8. The van der Waals surface area contributed by atoms with Gasteiger partial charge in [0.05, 0.1) is 17.8 Å². The van der Waals surface area contributed by atoms with Crippen molar-refractivity contribution in [3.05, 3.63) is 29.6 Å². The van der Waals surface area contributed by atoms with E-state index in [1.807, 2.05) is 0 Å². The maximum Gasteiger partial charge on any atom is 0.146 e. The number of rotatable bonds is 4. The van der Waals surface area contributed by atoms with E-state index in [2.05, 4.69) is 5.32 Å². The van der Waals surface area contributed by atoms with Gasteiger partial charge in [0.15, 0.2) is 0 Å². The lowest BCUT2D eigenvalue weighted by molar-refractivity contribution is 0.0898. The Labute approximate surface area is 117 Å². The molecule has 3 nitrogen and oxygen atoms in total. The molecule has 0 aromatic heterocycles. The van der Waals surface area contributed by atoms with Gasteiger partial charge < -0.3 is 15.8 Å². The zero-order valence-corrected chi connectivity index (χ0v) is 11.4. The molecule has 1 aromatic rings. The first-order valence-corrected chi connectivity index (χ1v) is 7.03. The minimum atomic E-state index is -0.313. The summed E-state index contributed by atoms with van der Waals surface area (Å²) in [5, 5.41) is 3.26. The first-order valence-electron chi connectivity index (χ1n) is 6.62. The Bertz CT molecular complexity index is 504. The van der Waals surface area contributed by atoms with Crippen LogP contribution in [-0.2, 0) is 4.74 Å². The van der Waals surface area contributed by atoms with E-state index >= 15 is 0 Å². The molecule has 102 valence electrons. The molecule has 1 saturated heterocycles. The maximum atomic E-state index is 14.0. The molecule has 0 amide bonds. The Balaban J connectivity index is 1.73. The zero-order valence-electron chi connectivity index (χ0n) is 10.6. The van der Waals surface area contributed by atoms with Crippen molar-refractivity contribution in [2.75, 3.05) is 11.9 Å². The van der Waals surface area contributed by atoms with Crippen LogP contribution in [0.5, 0.6) is 0 Å². The summed E-state index contributed by atoms with van der Waals surface area (Å²) >= 11 is 4.84. The molecule has 1 heterocycles. The van der Waals surface area contributed by atoms with Crippen molar-refractivity contribution in [2.45, 2.75) is 31.4 Å². The third-order valence-corrected chi connectivity index (χ3v) is 4.05. The van der Waals surface area contributed by atoms with Gasteiger partial charge in [-0.15, -0.1) is 0 Å². The van der Waals surface area contributed by atoms with Crippen molar-refractivity contribution in [1.82, 2.24) is 0 Å². The number of halogens is 1. The van der Waals surface area contributed by atoms with Crippen LogP contribution in [0.2, 0.25) is 0 Å². The third kappa shape index (κ3) is 2.72. The predicted molar refractivity (Wildman–Crippen MR) is 76.8 cm³/mol. The number of anilines is 1. The average molecular weight is 280 g/mol. The van der Waals surface area contributed by atoms with Crippen LogP contribution >= 0.6 is 12.2 Å². The van der Waals surface area contributed by atoms with Gasteiger partial charge in [0.1, 0.15) is 10.8 Å². The van der Waals surface area contributed by atoms with Gasteiger partial charge in [0, 0.05) is 12.2 Å². The first-order chi connectivity index (χ1) is 9.15. The molecule has 1 saturated carbocycles. The molecule has 3 rings (SSSR count). The smallest absolute Gasteiger partial charge is 0.146 e. The van der Waals surface area contributed by atoms with Crippen LogP contribution in [-0.4, -0.2) is 23.7 Å². The molecule has 1 aromatic carbocycles. The molecule has 0 spiro atoms. The van der Waals surface area contributed by atoms with Crippen LogP contribution in [0.1, 0.15) is 24.8 Å². The van der Waals surface area contributed by atoms with E-state index in [0.717, 1.165) is 13.0 Å². The van der Waals surface area contributed by atoms with Crippen molar-refractivity contribution < 1.29 is 9.13 Å². The number of nitrogens with two attached hydrogens (primary N) is 1. The van der Waals surface area contributed by atoms with Gasteiger partial charge in [-0.2, -0.15) is 0 Å². The minimum absolute atomic E-state index is 0.206. The second kappa shape index (κ2) is 5.06. The normalized spacial score (nSPS) is 26.4. The van der Waals surface area contributed by atoms with Crippen molar-refractivity contribution in [3.8, 4) is 0 Å². The van der Waals surface area contributed by atoms with Crippen LogP contribution in [0, 0.1) is 11.7 Å². The summed E-state index contributed by atoms with van der Waals surface area (Å²) in [7, 11) is 0. The maximum absolute atomic E-state index is 14.0. The fraction of sp³-hybridized carbons (Fsp3) is 0.500. The number of thiocarbonyl (C=S) groups is 1. The highest BCUT2D eigenvalue weighted by molar-refractivity contribution is 7.80. The molecule has 2 atom stereocenters. The fourth-order valence-electron chi connectivity index (χ4n) is 2.64. The Morgan fingerprint density at radius 2 is 2.16 bits per heavy atom. The Kier molecular flexibility index (Phi) is 3.41. The average Bonchev–Trinajstić information content (AvgIpc) is 3.12. The highest BCUT2D eigenvalue weighted by atomic mass is 32.1. The standard InChI is InChI=1S/C14H17FN2OS/c15-10-7-9(14(16)19)3-4-11(10)17-12-5-6-18-13(12)8-1-2-8/h3-4,7-8,12-13,17H,1-2,5-6H2,(H2,16,19). The van der Waals surface area contributed by atoms with Crippen LogP contribution in [0.3, 0.4) is 0 Å². The van der Waals surface area contributed by atoms with Crippen molar-refractivity contribution >= 4 is 22.9 Å². The highest BCUT2D eigenvalue weighted by Gasteiger charge is 2.40. The summed E-state index contributed by atoms with van der Waals surface area (Å²) in [6.07, 6.45) is 3.62. The molecule has 5 heteroatoms. The minimum Gasteiger partial charge on any atom is -0.389 e. The lowest BCUT2D eigenvalue weighted by Gasteiger charge is -2.21. The van der Waals surface area contributed by atoms with Crippen LogP contribution < -0.4 is 11.1 Å². The van der Waals surface area contributed by atoms with E-state index < -0.39 is 0 Å². The van der Waals surface area contributed by atoms with Gasteiger partial charge in [0.2, 0.25) is 0 Å². The SMILES string of the molecule is NC(=S)c1ccc(NC2CCOC2C2CC2)c(F)c1. The largest absolute Gasteiger partial charge is 0.389 e. The summed E-state index contributed by atoms with van der Waals surface area (Å²) in [4.78, 5) is 0.213. The van der Waals surface area contributed by atoms with E-state index in [9.17, 15) is 4.39 Å².